The molecule has 0 amide bonds. The predicted octanol–water partition coefficient (Wildman–Crippen LogP) is 0.687. The molecule has 2 nitrogen and oxygen atoms in total. The smallest absolute Gasteiger partial charge is 0.0216 e. The Morgan fingerprint density at radius 2 is 1.90 bits per heavy atom. The van der Waals surface area contributed by atoms with Crippen LogP contribution < -0.4 is 5.32 Å². The molecule has 1 aliphatic rings. The molecule has 0 radical (unpaired) electrons. The lowest BCUT2D eigenvalue weighted by Gasteiger charge is -2.39. The molecule has 60 valence electrons. The van der Waals surface area contributed by atoms with Crippen LogP contribution in [0.1, 0.15) is 20.8 Å². The summed E-state index contributed by atoms with van der Waals surface area (Å²) in [6.07, 6.45) is 0. The van der Waals surface area contributed by atoms with Gasteiger partial charge >= 0.3 is 0 Å². The average Bonchev–Trinajstić information content (AvgIpc) is 1.82. The molecule has 0 unspecified atom stereocenters. The number of hydrogen-bond donors (Lipinski definition) is 1. The van der Waals surface area contributed by atoms with Crippen LogP contribution in [0.4, 0.5) is 0 Å². The first-order valence-corrected chi connectivity index (χ1v) is 4.07. The molecule has 1 N–H and O–H groups in total. The molecule has 1 saturated heterocycles. The zero-order valence-electron chi connectivity index (χ0n) is 7.39. The summed E-state index contributed by atoms with van der Waals surface area (Å²) in [5.74, 6) is 0. The summed E-state index contributed by atoms with van der Waals surface area (Å²) in [5, 5.41) is 3.52. The number of likely N-dealkylation sites (N-methyl/N-ethyl adjacent to an activating group) is 1. The van der Waals surface area contributed by atoms with Gasteiger partial charge in [0.2, 0.25) is 0 Å². The van der Waals surface area contributed by atoms with Crippen molar-refractivity contribution in [2.75, 3.05) is 13.6 Å². The van der Waals surface area contributed by atoms with Crippen molar-refractivity contribution in [1.29, 1.82) is 0 Å². The van der Waals surface area contributed by atoms with Gasteiger partial charge in [-0.15, -0.1) is 0 Å². The van der Waals surface area contributed by atoms with Gasteiger partial charge in [0, 0.05) is 24.7 Å². The quantitative estimate of drug-likeness (QED) is 0.535. The Hall–Kier alpha value is -0.0800. The maximum Gasteiger partial charge on any atom is 0.0216 e. The highest BCUT2D eigenvalue weighted by atomic mass is 15.2. The van der Waals surface area contributed by atoms with E-state index in [1.165, 1.54) is 6.54 Å². The van der Waals surface area contributed by atoms with Gasteiger partial charge in [-0.2, -0.15) is 0 Å². The molecule has 0 aromatic rings. The fourth-order valence-electron chi connectivity index (χ4n) is 1.62. The molecule has 1 aliphatic heterocycles. The van der Waals surface area contributed by atoms with E-state index >= 15 is 0 Å². The largest absolute Gasteiger partial charge is 0.309 e. The average molecular weight is 142 g/mol. The highest BCUT2D eigenvalue weighted by Gasteiger charge is 2.24. The first-order chi connectivity index (χ1) is 4.61. The molecule has 0 aromatic carbocycles. The molecule has 10 heavy (non-hydrogen) atoms. The molecule has 0 aliphatic carbocycles. The van der Waals surface area contributed by atoms with Gasteiger partial charge in [-0.25, -0.2) is 0 Å². The van der Waals surface area contributed by atoms with Gasteiger partial charge in [0.25, 0.3) is 0 Å². The van der Waals surface area contributed by atoms with Crippen molar-refractivity contribution >= 4 is 0 Å². The Bertz CT molecular complexity index is 102. The first-order valence-electron chi connectivity index (χ1n) is 4.07. The normalized spacial score (nSPS) is 43.8. The molecule has 1 rings (SSSR count). The van der Waals surface area contributed by atoms with Gasteiger partial charge in [0.15, 0.2) is 0 Å². The van der Waals surface area contributed by atoms with Crippen molar-refractivity contribution in [3.05, 3.63) is 0 Å². The van der Waals surface area contributed by atoms with Crippen LogP contribution in [-0.2, 0) is 0 Å². The van der Waals surface area contributed by atoms with Crippen LogP contribution in [0.15, 0.2) is 0 Å². The topological polar surface area (TPSA) is 15.3 Å². The number of hydrogen-bond acceptors (Lipinski definition) is 2. The third-order valence-corrected chi connectivity index (χ3v) is 2.53. The van der Waals surface area contributed by atoms with E-state index in [9.17, 15) is 0 Å². The van der Waals surface area contributed by atoms with Crippen molar-refractivity contribution in [3.63, 3.8) is 0 Å². The first kappa shape index (κ1) is 8.02. The number of nitrogens with zero attached hydrogens (tertiary/aromatic N) is 1. The van der Waals surface area contributed by atoms with E-state index in [4.69, 9.17) is 0 Å². The van der Waals surface area contributed by atoms with Crippen molar-refractivity contribution in [2.45, 2.75) is 38.9 Å². The van der Waals surface area contributed by atoms with Crippen LogP contribution in [0.25, 0.3) is 0 Å². The highest BCUT2D eigenvalue weighted by molar-refractivity contribution is 4.85. The Morgan fingerprint density at radius 1 is 1.30 bits per heavy atom. The minimum Gasteiger partial charge on any atom is -0.309 e. The molecule has 0 spiro atoms. The van der Waals surface area contributed by atoms with Gasteiger partial charge < -0.3 is 10.2 Å². The summed E-state index contributed by atoms with van der Waals surface area (Å²) >= 11 is 0. The third-order valence-electron chi connectivity index (χ3n) is 2.53. The fourth-order valence-corrected chi connectivity index (χ4v) is 1.62. The number of rotatable bonds is 0. The molecule has 0 aromatic heterocycles. The maximum absolute atomic E-state index is 3.52. The summed E-state index contributed by atoms with van der Waals surface area (Å²) in [7, 11) is 2.19. The zero-order chi connectivity index (χ0) is 7.72. The molecule has 0 saturated carbocycles. The van der Waals surface area contributed by atoms with Gasteiger partial charge in [-0.3, -0.25) is 0 Å². The zero-order valence-corrected chi connectivity index (χ0v) is 7.39. The van der Waals surface area contributed by atoms with E-state index in [0.29, 0.717) is 18.1 Å². The number of nitrogens with one attached hydrogen (secondary N) is 1. The Kier molecular flexibility index (Phi) is 2.32. The van der Waals surface area contributed by atoms with E-state index in [0.717, 1.165) is 0 Å². The lowest BCUT2D eigenvalue weighted by atomic mass is 10.1. The fraction of sp³-hybridized carbons (Fsp3) is 1.00. The monoisotopic (exact) mass is 142 g/mol. The Balaban J connectivity index is 2.49. The van der Waals surface area contributed by atoms with Crippen LogP contribution in [-0.4, -0.2) is 36.6 Å². The molecular weight excluding hydrogens is 124 g/mol. The van der Waals surface area contributed by atoms with E-state index in [-0.39, 0.29) is 0 Å². The van der Waals surface area contributed by atoms with E-state index in [1.807, 2.05) is 0 Å². The Morgan fingerprint density at radius 3 is 2.40 bits per heavy atom. The highest BCUT2D eigenvalue weighted by Crippen LogP contribution is 2.08. The van der Waals surface area contributed by atoms with Gasteiger partial charge in [0.05, 0.1) is 0 Å². The lowest BCUT2D eigenvalue weighted by molar-refractivity contribution is 0.141. The second kappa shape index (κ2) is 2.89. The summed E-state index contributed by atoms with van der Waals surface area (Å²) in [6, 6.07) is 1.96. The molecule has 2 heteroatoms. The van der Waals surface area contributed by atoms with E-state index < -0.39 is 0 Å². The van der Waals surface area contributed by atoms with Crippen LogP contribution in [0.3, 0.4) is 0 Å². The second-order valence-corrected chi connectivity index (χ2v) is 3.54. The molecule has 1 fully saturated rings. The predicted molar refractivity (Wildman–Crippen MR) is 44.2 cm³/mol. The lowest BCUT2D eigenvalue weighted by Crippen LogP contribution is -2.57. The summed E-state index contributed by atoms with van der Waals surface area (Å²) in [4.78, 5) is 2.41. The van der Waals surface area contributed by atoms with E-state index in [2.05, 4.69) is 38.0 Å². The van der Waals surface area contributed by atoms with Gasteiger partial charge in [-0.05, 0) is 27.8 Å². The van der Waals surface area contributed by atoms with Gasteiger partial charge in [0.1, 0.15) is 0 Å². The Labute approximate surface area is 63.6 Å². The van der Waals surface area contributed by atoms with Crippen molar-refractivity contribution in [2.24, 2.45) is 0 Å². The van der Waals surface area contributed by atoms with Crippen molar-refractivity contribution in [1.82, 2.24) is 10.2 Å². The van der Waals surface area contributed by atoms with Crippen molar-refractivity contribution in [3.8, 4) is 0 Å². The van der Waals surface area contributed by atoms with Crippen LogP contribution in [0.5, 0.6) is 0 Å². The SMILES string of the molecule is C[C@@H]1CN(C)[C@@H](C)[C@@H](C)N1. The maximum atomic E-state index is 3.52. The molecule has 1 heterocycles. The molecule has 3 atom stereocenters. The molecular formula is C8H18N2. The van der Waals surface area contributed by atoms with Crippen molar-refractivity contribution < 1.29 is 0 Å². The van der Waals surface area contributed by atoms with Gasteiger partial charge in [-0.1, -0.05) is 0 Å². The minimum absolute atomic E-state index is 0.633. The second-order valence-electron chi connectivity index (χ2n) is 3.54. The summed E-state index contributed by atoms with van der Waals surface area (Å²) < 4.78 is 0. The standard InChI is InChI=1S/C8H18N2/c1-6-5-10(4)8(3)7(2)9-6/h6-9H,5H2,1-4H3/t6-,7-,8+/m1/s1. The third kappa shape index (κ3) is 1.50. The minimum atomic E-state index is 0.633. The summed E-state index contributed by atoms with van der Waals surface area (Å²) in [6.45, 7) is 7.92. The van der Waals surface area contributed by atoms with Crippen LogP contribution in [0.2, 0.25) is 0 Å². The van der Waals surface area contributed by atoms with E-state index in [1.54, 1.807) is 0 Å². The molecule has 0 bridgehead atoms. The van der Waals surface area contributed by atoms with Crippen LogP contribution >= 0.6 is 0 Å². The van der Waals surface area contributed by atoms with Crippen LogP contribution in [0, 0.1) is 0 Å². The summed E-state index contributed by atoms with van der Waals surface area (Å²) in [5.41, 5.74) is 0. The number of piperazine rings is 1.